The van der Waals surface area contributed by atoms with E-state index in [4.69, 9.17) is 4.74 Å². The third-order valence-electron chi connectivity index (χ3n) is 2.75. The summed E-state index contributed by atoms with van der Waals surface area (Å²) in [5, 5.41) is 2.80. The number of hydrogen-bond donors (Lipinski definition) is 1. The lowest BCUT2D eigenvalue weighted by molar-refractivity contribution is -0.121. The van der Waals surface area contributed by atoms with Gasteiger partial charge in [0.2, 0.25) is 5.91 Å². The second-order valence-electron chi connectivity index (χ2n) is 4.19. The average molecular weight is 253 g/mol. The Bertz CT molecular complexity index is 382. The summed E-state index contributed by atoms with van der Waals surface area (Å²) in [7, 11) is 1.55. The SMILES string of the molecule is CCCCC(=O)NC[C@@H](OC)c1cccc(F)c1. The molecule has 0 aliphatic rings. The van der Waals surface area contributed by atoms with Crippen molar-refractivity contribution < 1.29 is 13.9 Å². The minimum atomic E-state index is -0.314. The lowest BCUT2D eigenvalue weighted by Gasteiger charge is -2.16. The Labute approximate surface area is 107 Å². The Morgan fingerprint density at radius 1 is 1.50 bits per heavy atom. The number of ether oxygens (including phenoxy) is 1. The Morgan fingerprint density at radius 3 is 2.89 bits per heavy atom. The first-order chi connectivity index (χ1) is 8.67. The second-order valence-corrected chi connectivity index (χ2v) is 4.19. The van der Waals surface area contributed by atoms with E-state index in [9.17, 15) is 9.18 Å². The molecule has 0 fully saturated rings. The smallest absolute Gasteiger partial charge is 0.220 e. The third-order valence-corrected chi connectivity index (χ3v) is 2.75. The number of halogens is 1. The first-order valence-corrected chi connectivity index (χ1v) is 6.22. The molecule has 0 radical (unpaired) electrons. The van der Waals surface area contributed by atoms with Gasteiger partial charge in [-0.25, -0.2) is 4.39 Å². The van der Waals surface area contributed by atoms with Gasteiger partial charge < -0.3 is 10.1 Å². The largest absolute Gasteiger partial charge is 0.375 e. The van der Waals surface area contributed by atoms with Gasteiger partial charge in [0.25, 0.3) is 0 Å². The van der Waals surface area contributed by atoms with E-state index in [1.807, 2.05) is 6.92 Å². The fourth-order valence-corrected chi connectivity index (χ4v) is 1.68. The molecule has 0 unspecified atom stereocenters. The van der Waals surface area contributed by atoms with Crippen LogP contribution in [-0.4, -0.2) is 19.6 Å². The van der Waals surface area contributed by atoms with Crippen LogP contribution in [-0.2, 0) is 9.53 Å². The van der Waals surface area contributed by atoms with Gasteiger partial charge in [-0.3, -0.25) is 4.79 Å². The highest BCUT2D eigenvalue weighted by atomic mass is 19.1. The molecule has 18 heavy (non-hydrogen) atoms. The van der Waals surface area contributed by atoms with E-state index >= 15 is 0 Å². The molecule has 0 saturated carbocycles. The molecule has 100 valence electrons. The van der Waals surface area contributed by atoms with Crippen LogP contribution in [0.4, 0.5) is 4.39 Å². The fraction of sp³-hybridized carbons (Fsp3) is 0.500. The number of hydrogen-bond acceptors (Lipinski definition) is 2. The molecular formula is C14H20FNO2. The molecule has 0 heterocycles. The fourth-order valence-electron chi connectivity index (χ4n) is 1.68. The van der Waals surface area contributed by atoms with Crippen molar-refractivity contribution in [3.63, 3.8) is 0 Å². The van der Waals surface area contributed by atoms with E-state index in [1.165, 1.54) is 12.1 Å². The maximum atomic E-state index is 13.1. The molecule has 1 N–H and O–H groups in total. The monoisotopic (exact) mass is 253 g/mol. The second kappa shape index (κ2) is 7.82. The first-order valence-electron chi connectivity index (χ1n) is 6.22. The molecule has 1 amide bonds. The van der Waals surface area contributed by atoms with Crippen LogP contribution in [0, 0.1) is 5.82 Å². The van der Waals surface area contributed by atoms with Gasteiger partial charge in [0, 0.05) is 20.1 Å². The predicted molar refractivity (Wildman–Crippen MR) is 68.7 cm³/mol. The summed E-state index contributed by atoms with van der Waals surface area (Å²) in [6, 6.07) is 6.23. The van der Waals surface area contributed by atoms with E-state index in [0.29, 0.717) is 13.0 Å². The number of methoxy groups -OCH3 is 1. The normalized spacial score (nSPS) is 12.2. The summed E-state index contributed by atoms with van der Waals surface area (Å²) < 4.78 is 18.4. The number of benzene rings is 1. The molecule has 1 aromatic rings. The molecule has 0 bridgehead atoms. The number of amides is 1. The van der Waals surface area contributed by atoms with Crippen LogP contribution in [0.3, 0.4) is 0 Å². The molecule has 0 spiro atoms. The van der Waals surface area contributed by atoms with Crippen LogP contribution >= 0.6 is 0 Å². The minimum absolute atomic E-state index is 0.00954. The number of carbonyl (C=O) groups excluding carboxylic acids is 1. The van der Waals surface area contributed by atoms with Crippen molar-refractivity contribution in [1.82, 2.24) is 5.32 Å². The molecule has 4 heteroatoms. The first kappa shape index (κ1) is 14.6. The third kappa shape index (κ3) is 4.84. The van der Waals surface area contributed by atoms with Crippen LogP contribution in [0.5, 0.6) is 0 Å². The summed E-state index contributed by atoms with van der Waals surface area (Å²) >= 11 is 0. The summed E-state index contributed by atoms with van der Waals surface area (Å²) in [6.07, 6.45) is 2.08. The molecular weight excluding hydrogens is 233 g/mol. The standard InChI is InChI=1S/C14H20FNO2/c1-3-4-8-14(17)16-10-13(18-2)11-6-5-7-12(15)9-11/h5-7,9,13H,3-4,8,10H2,1-2H3,(H,16,17)/t13-/m1/s1. The number of unbranched alkanes of at least 4 members (excludes halogenated alkanes) is 1. The molecule has 1 rings (SSSR count). The molecule has 1 aromatic carbocycles. The van der Waals surface area contributed by atoms with Gasteiger partial charge >= 0.3 is 0 Å². The molecule has 0 aliphatic carbocycles. The Morgan fingerprint density at radius 2 is 2.28 bits per heavy atom. The highest BCUT2D eigenvalue weighted by Gasteiger charge is 2.12. The summed E-state index contributed by atoms with van der Waals surface area (Å²) in [5.74, 6) is -0.290. The predicted octanol–water partition coefficient (Wildman–Crippen LogP) is 2.82. The van der Waals surface area contributed by atoms with Crippen molar-refractivity contribution in [2.45, 2.75) is 32.3 Å². The Kier molecular flexibility index (Phi) is 6.36. The topological polar surface area (TPSA) is 38.3 Å². The molecule has 0 aromatic heterocycles. The zero-order valence-corrected chi connectivity index (χ0v) is 10.9. The van der Waals surface area contributed by atoms with Crippen LogP contribution in [0.15, 0.2) is 24.3 Å². The van der Waals surface area contributed by atoms with E-state index in [1.54, 1.807) is 19.2 Å². The Hall–Kier alpha value is -1.42. The van der Waals surface area contributed by atoms with Crippen molar-refractivity contribution in [1.29, 1.82) is 0 Å². The summed E-state index contributed by atoms with van der Waals surface area (Å²) in [6.45, 7) is 2.40. The number of rotatable bonds is 7. The Balaban J connectivity index is 2.50. The lowest BCUT2D eigenvalue weighted by atomic mass is 10.1. The summed E-state index contributed by atoms with van der Waals surface area (Å²) in [5.41, 5.74) is 0.730. The van der Waals surface area contributed by atoms with E-state index in [0.717, 1.165) is 18.4 Å². The van der Waals surface area contributed by atoms with E-state index in [-0.39, 0.29) is 17.8 Å². The lowest BCUT2D eigenvalue weighted by Crippen LogP contribution is -2.28. The van der Waals surface area contributed by atoms with E-state index < -0.39 is 0 Å². The minimum Gasteiger partial charge on any atom is -0.375 e. The van der Waals surface area contributed by atoms with Crippen molar-refractivity contribution >= 4 is 5.91 Å². The quantitative estimate of drug-likeness (QED) is 0.811. The van der Waals surface area contributed by atoms with Crippen LogP contribution < -0.4 is 5.32 Å². The van der Waals surface area contributed by atoms with Gasteiger partial charge in [-0.2, -0.15) is 0 Å². The zero-order valence-electron chi connectivity index (χ0n) is 10.9. The highest BCUT2D eigenvalue weighted by Crippen LogP contribution is 2.16. The van der Waals surface area contributed by atoms with Crippen LogP contribution in [0.2, 0.25) is 0 Å². The highest BCUT2D eigenvalue weighted by molar-refractivity contribution is 5.75. The molecule has 3 nitrogen and oxygen atoms in total. The molecule has 0 aliphatic heterocycles. The van der Waals surface area contributed by atoms with Gasteiger partial charge in [0.15, 0.2) is 0 Å². The summed E-state index contributed by atoms with van der Waals surface area (Å²) in [4.78, 5) is 11.5. The number of nitrogens with one attached hydrogen (secondary N) is 1. The van der Waals surface area contributed by atoms with Gasteiger partial charge in [0.05, 0.1) is 6.10 Å². The zero-order chi connectivity index (χ0) is 13.4. The molecule has 1 atom stereocenters. The van der Waals surface area contributed by atoms with Crippen molar-refractivity contribution in [2.24, 2.45) is 0 Å². The van der Waals surface area contributed by atoms with Crippen molar-refractivity contribution in [2.75, 3.05) is 13.7 Å². The van der Waals surface area contributed by atoms with Gasteiger partial charge in [-0.1, -0.05) is 25.5 Å². The van der Waals surface area contributed by atoms with Crippen LogP contribution in [0.25, 0.3) is 0 Å². The van der Waals surface area contributed by atoms with Crippen LogP contribution in [0.1, 0.15) is 37.9 Å². The van der Waals surface area contributed by atoms with Crippen molar-refractivity contribution in [3.8, 4) is 0 Å². The van der Waals surface area contributed by atoms with Gasteiger partial charge in [-0.15, -0.1) is 0 Å². The maximum absolute atomic E-state index is 13.1. The van der Waals surface area contributed by atoms with E-state index in [2.05, 4.69) is 5.32 Å². The maximum Gasteiger partial charge on any atom is 0.220 e. The molecule has 0 saturated heterocycles. The van der Waals surface area contributed by atoms with Gasteiger partial charge in [0.1, 0.15) is 5.82 Å². The number of carbonyl (C=O) groups is 1. The average Bonchev–Trinajstić information content (AvgIpc) is 2.37. The van der Waals surface area contributed by atoms with Gasteiger partial charge in [-0.05, 0) is 24.1 Å². The van der Waals surface area contributed by atoms with Crippen molar-refractivity contribution in [3.05, 3.63) is 35.6 Å².